The van der Waals surface area contributed by atoms with Crippen molar-refractivity contribution in [1.29, 1.82) is 0 Å². The third-order valence-corrected chi connectivity index (χ3v) is 4.56. The summed E-state index contributed by atoms with van der Waals surface area (Å²) in [6, 6.07) is 3.81. The smallest absolute Gasteiger partial charge is 0.266 e. The normalized spacial score (nSPS) is 19.1. The molecule has 108 valence electrons. The van der Waals surface area contributed by atoms with Crippen LogP contribution >= 0.6 is 23.1 Å². The second-order valence-corrected chi connectivity index (χ2v) is 6.45. The molecule has 1 N–H and O–H groups in total. The van der Waals surface area contributed by atoms with Crippen LogP contribution in [0.15, 0.2) is 28.2 Å². The number of aromatic nitrogens is 3. The number of rotatable bonds is 3. The molecule has 6 nitrogen and oxygen atoms in total. The molecular weight excluding hydrogens is 306 g/mol. The van der Waals surface area contributed by atoms with Crippen LogP contribution in [0.1, 0.15) is 17.6 Å². The third-order valence-electron chi connectivity index (χ3n) is 2.82. The number of carbonyl (C=O) groups is 1. The summed E-state index contributed by atoms with van der Waals surface area (Å²) < 4.78 is 0. The minimum atomic E-state index is -0.0305. The Morgan fingerprint density at radius 1 is 1.48 bits per heavy atom. The molecule has 21 heavy (non-hydrogen) atoms. The molecule has 0 saturated carbocycles. The van der Waals surface area contributed by atoms with Crippen molar-refractivity contribution in [3.05, 3.63) is 33.9 Å². The zero-order chi connectivity index (χ0) is 14.8. The molecule has 1 saturated heterocycles. The van der Waals surface area contributed by atoms with Crippen molar-refractivity contribution >= 4 is 45.4 Å². The molecule has 1 fully saturated rings. The minimum Gasteiger partial charge on any atom is -0.362 e. The van der Waals surface area contributed by atoms with Crippen LogP contribution in [-0.4, -0.2) is 37.7 Å². The van der Waals surface area contributed by atoms with E-state index in [9.17, 15) is 4.79 Å². The molecule has 8 heteroatoms. The summed E-state index contributed by atoms with van der Waals surface area (Å²) in [4.78, 5) is 22.2. The van der Waals surface area contributed by atoms with E-state index < -0.39 is 0 Å². The van der Waals surface area contributed by atoms with Gasteiger partial charge in [-0.05, 0) is 43.8 Å². The topological polar surface area (TPSA) is 74.2 Å². The fourth-order valence-corrected chi connectivity index (χ4v) is 3.51. The molecule has 0 spiro atoms. The second kappa shape index (κ2) is 5.82. The zero-order valence-electron chi connectivity index (χ0n) is 11.5. The van der Waals surface area contributed by atoms with Crippen LogP contribution in [0, 0.1) is 6.92 Å². The predicted molar refractivity (Wildman–Crippen MR) is 85.5 cm³/mol. The van der Waals surface area contributed by atoms with Gasteiger partial charge in [-0.2, -0.15) is 4.99 Å². The Labute approximate surface area is 130 Å². The van der Waals surface area contributed by atoms with E-state index in [0.29, 0.717) is 21.7 Å². The lowest BCUT2D eigenvalue weighted by atomic mass is 10.3. The summed E-state index contributed by atoms with van der Waals surface area (Å²) >= 11 is 2.77. The third kappa shape index (κ3) is 2.91. The van der Waals surface area contributed by atoms with E-state index in [4.69, 9.17) is 0 Å². The molecular formula is C13H13N5OS2. The number of amidine groups is 1. The molecule has 1 amide bonds. The second-order valence-electron chi connectivity index (χ2n) is 4.28. The quantitative estimate of drug-likeness (QED) is 0.883. The van der Waals surface area contributed by atoms with E-state index in [-0.39, 0.29) is 5.91 Å². The summed E-state index contributed by atoms with van der Waals surface area (Å²) in [7, 11) is 0. The molecule has 1 aliphatic heterocycles. The number of hydrogen-bond donors (Lipinski definition) is 1. The van der Waals surface area contributed by atoms with Gasteiger partial charge in [0, 0.05) is 18.4 Å². The van der Waals surface area contributed by atoms with Crippen molar-refractivity contribution in [3.63, 3.8) is 0 Å². The first-order valence-corrected chi connectivity index (χ1v) is 8.04. The maximum absolute atomic E-state index is 12.4. The lowest BCUT2D eigenvalue weighted by Crippen LogP contribution is -2.28. The van der Waals surface area contributed by atoms with Gasteiger partial charge in [0.25, 0.3) is 5.91 Å². The van der Waals surface area contributed by atoms with Crippen molar-refractivity contribution in [2.45, 2.75) is 13.8 Å². The van der Waals surface area contributed by atoms with Crippen LogP contribution in [0.5, 0.6) is 0 Å². The summed E-state index contributed by atoms with van der Waals surface area (Å²) in [5, 5.41) is 9.99. The molecule has 0 aliphatic carbocycles. The monoisotopic (exact) mass is 319 g/mol. The van der Waals surface area contributed by atoms with Crippen molar-refractivity contribution in [1.82, 2.24) is 20.1 Å². The number of hydrogen-bond acceptors (Lipinski definition) is 6. The highest BCUT2D eigenvalue weighted by Gasteiger charge is 2.32. The Morgan fingerprint density at radius 3 is 2.95 bits per heavy atom. The van der Waals surface area contributed by atoms with Crippen LogP contribution in [0.2, 0.25) is 0 Å². The molecule has 0 unspecified atom stereocenters. The number of nitrogens with zero attached hydrogens (tertiary/aromatic N) is 4. The van der Waals surface area contributed by atoms with Crippen LogP contribution in [0.3, 0.4) is 0 Å². The number of H-pyrrole nitrogens is 1. The molecule has 2 aromatic rings. The van der Waals surface area contributed by atoms with Crippen LogP contribution < -0.4 is 0 Å². The number of aryl methyl sites for hydroxylation is 1. The Kier molecular flexibility index (Phi) is 3.89. The highest BCUT2D eigenvalue weighted by atomic mass is 32.2. The van der Waals surface area contributed by atoms with Crippen molar-refractivity contribution in [2.75, 3.05) is 6.54 Å². The van der Waals surface area contributed by atoms with Crippen LogP contribution in [0.4, 0.5) is 5.13 Å². The van der Waals surface area contributed by atoms with Crippen molar-refractivity contribution in [2.24, 2.45) is 4.99 Å². The van der Waals surface area contributed by atoms with Gasteiger partial charge in [0.15, 0.2) is 5.17 Å². The van der Waals surface area contributed by atoms with E-state index >= 15 is 0 Å². The van der Waals surface area contributed by atoms with Gasteiger partial charge in [0.1, 0.15) is 5.01 Å². The predicted octanol–water partition coefficient (Wildman–Crippen LogP) is 2.80. The average Bonchev–Trinajstić information content (AvgIpc) is 3.15. The van der Waals surface area contributed by atoms with Gasteiger partial charge in [0.2, 0.25) is 5.13 Å². The number of thioether (sulfide) groups is 1. The Balaban J connectivity index is 1.92. The summed E-state index contributed by atoms with van der Waals surface area (Å²) in [6.07, 6.45) is 3.66. The fourth-order valence-electron chi connectivity index (χ4n) is 1.86. The van der Waals surface area contributed by atoms with Crippen LogP contribution in [0.25, 0.3) is 6.08 Å². The molecule has 3 heterocycles. The minimum absolute atomic E-state index is 0.0305. The molecule has 2 aromatic heterocycles. The summed E-state index contributed by atoms with van der Waals surface area (Å²) in [5.41, 5.74) is 0.898. The van der Waals surface area contributed by atoms with Crippen LogP contribution in [-0.2, 0) is 4.79 Å². The Morgan fingerprint density at radius 2 is 2.33 bits per heavy atom. The number of aliphatic imine (C=N–C) groups is 1. The van der Waals surface area contributed by atoms with Gasteiger partial charge < -0.3 is 4.98 Å². The molecule has 0 radical (unpaired) electrons. The molecule has 1 aliphatic rings. The standard InChI is InChI=1S/C13H13N5OS2/c1-3-18-11(19)10(7-9-5-4-6-14-9)21-13(18)15-12-17-16-8(2)20-12/h4-7,14H,3H2,1-2H3/b10-7+,15-13+. The van der Waals surface area contributed by atoms with E-state index in [1.165, 1.54) is 23.1 Å². The molecule has 3 rings (SSSR count). The summed E-state index contributed by atoms with van der Waals surface area (Å²) in [6.45, 7) is 4.38. The molecule has 0 atom stereocenters. The number of amides is 1. The van der Waals surface area contributed by atoms with Gasteiger partial charge in [-0.25, -0.2) is 0 Å². The molecule has 0 aromatic carbocycles. The van der Waals surface area contributed by atoms with Gasteiger partial charge in [-0.1, -0.05) is 11.3 Å². The first-order valence-electron chi connectivity index (χ1n) is 6.41. The Bertz CT molecular complexity index is 717. The zero-order valence-corrected chi connectivity index (χ0v) is 13.2. The van der Waals surface area contributed by atoms with E-state index in [0.717, 1.165) is 10.7 Å². The maximum atomic E-state index is 12.4. The number of carbonyl (C=O) groups excluding carboxylic acids is 1. The lowest BCUT2D eigenvalue weighted by molar-refractivity contribution is -0.122. The lowest BCUT2D eigenvalue weighted by Gasteiger charge is -2.10. The van der Waals surface area contributed by atoms with E-state index in [1.807, 2.05) is 38.3 Å². The van der Waals surface area contributed by atoms with Gasteiger partial charge in [-0.15, -0.1) is 10.2 Å². The highest BCUT2D eigenvalue weighted by Crippen LogP contribution is 2.34. The van der Waals surface area contributed by atoms with Crippen molar-refractivity contribution < 1.29 is 4.79 Å². The molecule has 0 bridgehead atoms. The first kappa shape index (κ1) is 14.0. The first-order chi connectivity index (χ1) is 10.2. The van der Waals surface area contributed by atoms with Gasteiger partial charge in [0.05, 0.1) is 4.91 Å². The number of likely N-dealkylation sites (N-methyl/N-ethyl adjacent to an activating group) is 1. The van der Waals surface area contributed by atoms with Gasteiger partial charge in [-0.3, -0.25) is 9.69 Å². The van der Waals surface area contributed by atoms with E-state index in [1.54, 1.807) is 4.90 Å². The summed E-state index contributed by atoms with van der Waals surface area (Å²) in [5.74, 6) is -0.0305. The Hall–Kier alpha value is -1.93. The maximum Gasteiger partial charge on any atom is 0.266 e. The SMILES string of the molecule is CCN1C(=O)/C(=C\c2ccc[nH]2)S/C1=N/c1nnc(C)s1. The van der Waals surface area contributed by atoms with Gasteiger partial charge >= 0.3 is 0 Å². The highest BCUT2D eigenvalue weighted by molar-refractivity contribution is 8.18. The fraction of sp³-hybridized carbons (Fsp3) is 0.231. The average molecular weight is 319 g/mol. The van der Waals surface area contributed by atoms with E-state index in [2.05, 4.69) is 20.2 Å². The number of aromatic amines is 1. The van der Waals surface area contributed by atoms with Crippen molar-refractivity contribution in [3.8, 4) is 0 Å². The largest absolute Gasteiger partial charge is 0.362 e. The number of nitrogens with one attached hydrogen (secondary N) is 1.